The lowest BCUT2D eigenvalue weighted by molar-refractivity contribution is 0.223. The predicted octanol–water partition coefficient (Wildman–Crippen LogP) is 4.51. The third-order valence-corrected chi connectivity index (χ3v) is 5.01. The minimum absolute atomic E-state index is 0.537. The fraction of sp³-hybridized carbons (Fsp3) is 0.167. The van der Waals surface area contributed by atoms with Crippen LogP contribution >= 0.6 is 49.9 Å². The molecule has 0 spiro atoms. The van der Waals surface area contributed by atoms with Crippen molar-refractivity contribution in [2.24, 2.45) is 0 Å². The topological polar surface area (TPSA) is 20.2 Å². The molecule has 1 atom stereocenters. The average Bonchev–Trinajstić information content (AvgIpc) is 2.58. The van der Waals surface area contributed by atoms with Crippen molar-refractivity contribution in [2.75, 3.05) is 0 Å². The van der Waals surface area contributed by atoms with Gasteiger partial charge in [-0.1, -0.05) is 12.1 Å². The minimum atomic E-state index is -0.537. The summed E-state index contributed by atoms with van der Waals surface area (Å²) in [5, 5.41) is 10.3. The Labute approximate surface area is 121 Å². The predicted molar refractivity (Wildman–Crippen MR) is 80.0 cm³/mol. The van der Waals surface area contributed by atoms with Gasteiger partial charge in [-0.05, 0) is 69.2 Å². The second-order valence-corrected chi connectivity index (χ2v) is 6.91. The fourth-order valence-corrected chi connectivity index (χ4v) is 3.73. The van der Waals surface area contributed by atoms with Crippen molar-refractivity contribution in [1.29, 1.82) is 0 Å². The number of aliphatic hydroxyl groups is 1. The lowest BCUT2D eigenvalue weighted by atomic mass is 10.1. The Morgan fingerprint density at radius 2 is 1.94 bits per heavy atom. The normalized spacial score (nSPS) is 12.8. The summed E-state index contributed by atoms with van der Waals surface area (Å²) in [6, 6.07) is 9.98. The zero-order valence-electron chi connectivity index (χ0n) is 8.58. The van der Waals surface area contributed by atoms with E-state index in [1.165, 1.54) is 8.45 Å². The molecule has 84 valence electrons. The maximum Gasteiger partial charge on any atom is 0.114 e. The largest absolute Gasteiger partial charge is 0.383 e. The van der Waals surface area contributed by atoms with Gasteiger partial charge in [0.2, 0.25) is 0 Å². The van der Waals surface area contributed by atoms with Gasteiger partial charge in [0.25, 0.3) is 0 Å². The van der Waals surface area contributed by atoms with Crippen LogP contribution < -0.4 is 0 Å². The van der Waals surface area contributed by atoms with Gasteiger partial charge in [0.05, 0.1) is 4.88 Å². The van der Waals surface area contributed by atoms with E-state index in [0.717, 1.165) is 14.9 Å². The quantitative estimate of drug-likeness (QED) is 0.725. The summed E-state index contributed by atoms with van der Waals surface area (Å²) < 4.78 is 2.16. The molecule has 16 heavy (non-hydrogen) atoms. The SMILES string of the molecule is Cc1cc(Br)c(C(O)c2ccc(I)cc2)s1. The number of aliphatic hydroxyl groups excluding tert-OH is 1. The van der Waals surface area contributed by atoms with Gasteiger partial charge in [0.15, 0.2) is 0 Å². The van der Waals surface area contributed by atoms with E-state index in [2.05, 4.69) is 38.5 Å². The Morgan fingerprint density at radius 1 is 1.31 bits per heavy atom. The highest BCUT2D eigenvalue weighted by atomic mass is 127. The first-order chi connectivity index (χ1) is 7.58. The van der Waals surface area contributed by atoms with E-state index in [0.29, 0.717) is 0 Å². The van der Waals surface area contributed by atoms with Crippen LogP contribution in [0, 0.1) is 10.5 Å². The van der Waals surface area contributed by atoms with Gasteiger partial charge in [-0.25, -0.2) is 0 Å². The van der Waals surface area contributed by atoms with Crippen LogP contribution in [0.25, 0.3) is 0 Å². The molecule has 0 bridgehead atoms. The van der Waals surface area contributed by atoms with E-state index in [9.17, 15) is 5.11 Å². The van der Waals surface area contributed by atoms with Crippen LogP contribution in [0.5, 0.6) is 0 Å². The van der Waals surface area contributed by atoms with Gasteiger partial charge in [-0.3, -0.25) is 0 Å². The molecule has 4 heteroatoms. The van der Waals surface area contributed by atoms with Crippen LogP contribution in [0.15, 0.2) is 34.8 Å². The van der Waals surface area contributed by atoms with E-state index >= 15 is 0 Å². The fourth-order valence-electron chi connectivity index (χ4n) is 1.48. The molecule has 0 saturated carbocycles. The van der Waals surface area contributed by atoms with Crippen molar-refractivity contribution in [1.82, 2.24) is 0 Å². The Hall–Kier alpha value is 0.0900. The molecular formula is C12H10BrIOS. The Bertz CT molecular complexity index is 492. The molecule has 0 aliphatic carbocycles. The van der Waals surface area contributed by atoms with Crippen molar-refractivity contribution < 1.29 is 5.11 Å². The standard InChI is InChI=1S/C12H10BrIOS/c1-7-6-10(13)12(16-7)11(15)8-2-4-9(14)5-3-8/h2-6,11,15H,1H3. The van der Waals surface area contributed by atoms with E-state index in [1.54, 1.807) is 11.3 Å². The summed E-state index contributed by atoms with van der Waals surface area (Å²) in [6.45, 7) is 2.04. The van der Waals surface area contributed by atoms with Crippen LogP contribution in [0.2, 0.25) is 0 Å². The van der Waals surface area contributed by atoms with Gasteiger partial charge in [-0.15, -0.1) is 11.3 Å². The Morgan fingerprint density at radius 3 is 2.44 bits per heavy atom. The van der Waals surface area contributed by atoms with Crippen LogP contribution in [0.4, 0.5) is 0 Å². The Balaban J connectivity index is 2.35. The molecule has 0 fully saturated rings. The van der Waals surface area contributed by atoms with Gasteiger partial charge in [0, 0.05) is 12.9 Å². The number of thiophene rings is 1. The number of hydrogen-bond donors (Lipinski definition) is 1. The first kappa shape index (κ1) is 12.5. The van der Waals surface area contributed by atoms with E-state index in [1.807, 2.05) is 37.3 Å². The highest BCUT2D eigenvalue weighted by Crippen LogP contribution is 2.35. The molecule has 1 aromatic heterocycles. The number of aryl methyl sites for hydroxylation is 1. The minimum Gasteiger partial charge on any atom is -0.383 e. The molecule has 0 saturated heterocycles. The van der Waals surface area contributed by atoms with E-state index in [4.69, 9.17) is 0 Å². The zero-order valence-corrected chi connectivity index (χ0v) is 13.1. The van der Waals surface area contributed by atoms with Crippen molar-refractivity contribution in [2.45, 2.75) is 13.0 Å². The molecule has 1 N–H and O–H groups in total. The lowest BCUT2D eigenvalue weighted by Crippen LogP contribution is -1.97. The molecule has 1 aromatic carbocycles. The first-order valence-corrected chi connectivity index (χ1v) is 7.46. The molecule has 2 aromatic rings. The lowest BCUT2D eigenvalue weighted by Gasteiger charge is -2.09. The second kappa shape index (κ2) is 5.16. The summed E-state index contributed by atoms with van der Waals surface area (Å²) in [5.74, 6) is 0. The molecule has 0 radical (unpaired) electrons. The Kier molecular flexibility index (Phi) is 4.05. The van der Waals surface area contributed by atoms with Gasteiger partial charge in [0.1, 0.15) is 6.10 Å². The summed E-state index contributed by atoms with van der Waals surface area (Å²) >= 11 is 7.36. The van der Waals surface area contributed by atoms with Crippen LogP contribution in [-0.4, -0.2) is 5.11 Å². The number of benzene rings is 1. The van der Waals surface area contributed by atoms with Crippen molar-refractivity contribution >= 4 is 49.9 Å². The van der Waals surface area contributed by atoms with Gasteiger partial charge >= 0.3 is 0 Å². The molecule has 0 aliphatic heterocycles. The summed E-state index contributed by atoms with van der Waals surface area (Å²) in [7, 11) is 0. The molecule has 2 rings (SSSR count). The van der Waals surface area contributed by atoms with Crippen molar-refractivity contribution in [3.8, 4) is 0 Å². The number of hydrogen-bond acceptors (Lipinski definition) is 2. The van der Waals surface area contributed by atoms with E-state index < -0.39 is 6.10 Å². The molecule has 0 amide bonds. The molecule has 1 unspecified atom stereocenters. The third kappa shape index (κ3) is 2.67. The average molecular weight is 409 g/mol. The monoisotopic (exact) mass is 408 g/mol. The van der Waals surface area contributed by atoms with Crippen LogP contribution in [0.3, 0.4) is 0 Å². The van der Waals surface area contributed by atoms with Gasteiger partial charge < -0.3 is 5.11 Å². The van der Waals surface area contributed by atoms with E-state index in [-0.39, 0.29) is 0 Å². The number of halogens is 2. The van der Waals surface area contributed by atoms with Crippen molar-refractivity contribution in [3.05, 3.63) is 53.7 Å². The summed E-state index contributed by atoms with van der Waals surface area (Å²) in [5.41, 5.74) is 0.933. The maximum absolute atomic E-state index is 10.3. The number of rotatable bonds is 2. The molecule has 0 aliphatic rings. The smallest absolute Gasteiger partial charge is 0.114 e. The van der Waals surface area contributed by atoms with Crippen LogP contribution in [0.1, 0.15) is 21.4 Å². The van der Waals surface area contributed by atoms with Crippen molar-refractivity contribution in [3.63, 3.8) is 0 Å². The molecule has 1 heterocycles. The third-order valence-electron chi connectivity index (χ3n) is 2.27. The highest BCUT2D eigenvalue weighted by Gasteiger charge is 2.16. The second-order valence-electron chi connectivity index (χ2n) is 3.52. The zero-order chi connectivity index (χ0) is 11.7. The highest BCUT2D eigenvalue weighted by molar-refractivity contribution is 14.1. The molecular weight excluding hydrogens is 399 g/mol. The maximum atomic E-state index is 10.3. The van der Waals surface area contributed by atoms with Crippen LogP contribution in [-0.2, 0) is 0 Å². The van der Waals surface area contributed by atoms with Gasteiger partial charge in [-0.2, -0.15) is 0 Å². The summed E-state index contributed by atoms with van der Waals surface area (Å²) in [4.78, 5) is 2.17. The first-order valence-electron chi connectivity index (χ1n) is 4.77. The summed E-state index contributed by atoms with van der Waals surface area (Å²) in [6.07, 6.45) is -0.537. The molecule has 1 nitrogen and oxygen atoms in total.